The normalized spacial score (nSPS) is 15.6. The van der Waals surface area contributed by atoms with E-state index in [1.807, 2.05) is 30.3 Å². The number of aliphatic hydroxyl groups is 1. The highest BCUT2D eigenvalue weighted by molar-refractivity contribution is 5.41. The van der Waals surface area contributed by atoms with Crippen LogP contribution >= 0.6 is 0 Å². The zero-order valence-corrected chi connectivity index (χ0v) is 10.0. The van der Waals surface area contributed by atoms with E-state index < -0.39 is 6.10 Å². The Balaban J connectivity index is 1.93. The molecule has 1 aliphatic heterocycles. The van der Waals surface area contributed by atoms with E-state index in [4.69, 9.17) is 4.74 Å². The standard InChI is InChI=1S/C15H15NO2/c17-15(13-3-1-7-16-10-13)12-5-6-14-11(9-12)4-2-8-18-14/h1,3,5-7,9-10,15,17H,2,4,8H2. The summed E-state index contributed by atoms with van der Waals surface area (Å²) in [5.41, 5.74) is 2.89. The predicted octanol–water partition coefficient (Wildman–Crippen LogP) is 2.49. The van der Waals surface area contributed by atoms with Gasteiger partial charge in [0.15, 0.2) is 0 Å². The molecule has 1 N–H and O–H groups in total. The van der Waals surface area contributed by atoms with Crippen LogP contribution in [0.25, 0.3) is 0 Å². The van der Waals surface area contributed by atoms with Gasteiger partial charge in [0.05, 0.1) is 6.61 Å². The van der Waals surface area contributed by atoms with Crippen LogP contribution in [0.15, 0.2) is 42.7 Å². The minimum absolute atomic E-state index is 0.620. The molecule has 3 nitrogen and oxygen atoms in total. The number of aliphatic hydroxyl groups excluding tert-OH is 1. The average molecular weight is 241 g/mol. The van der Waals surface area contributed by atoms with Crippen molar-refractivity contribution in [2.45, 2.75) is 18.9 Å². The number of benzene rings is 1. The Bertz CT molecular complexity index is 539. The Kier molecular flexibility index (Phi) is 2.99. The van der Waals surface area contributed by atoms with Gasteiger partial charge < -0.3 is 9.84 Å². The molecule has 0 amide bonds. The molecular formula is C15H15NO2. The van der Waals surface area contributed by atoms with Gasteiger partial charge in [-0.25, -0.2) is 0 Å². The first-order valence-corrected chi connectivity index (χ1v) is 6.18. The third-order valence-electron chi connectivity index (χ3n) is 3.25. The van der Waals surface area contributed by atoms with Crippen molar-refractivity contribution in [1.29, 1.82) is 0 Å². The van der Waals surface area contributed by atoms with Gasteiger partial charge in [-0.2, -0.15) is 0 Å². The average Bonchev–Trinajstić information content (AvgIpc) is 2.47. The Morgan fingerprint density at radius 2 is 2.17 bits per heavy atom. The van der Waals surface area contributed by atoms with Gasteiger partial charge in [-0.05, 0) is 42.2 Å². The third kappa shape index (κ3) is 2.09. The van der Waals surface area contributed by atoms with E-state index in [1.165, 1.54) is 5.56 Å². The molecule has 2 heterocycles. The predicted molar refractivity (Wildman–Crippen MR) is 68.6 cm³/mol. The summed E-state index contributed by atoms with van der Waals surface area (Å²) in [6.45, 7) is 0.789. The van der Waals surface area contributed by atoms with Crippen molar-refractivity contribution in [2.75, 3.05) is 6.61 Å². The molecule has 0 radical (unpaired) electrons. The molecule has 1 aromatic carbocycles. The molecular weight excluding hydrogens is 226 g/mol. The van der Waals surface area contributed by atoms with Gasteiger partial charge in [0.25, 0.3) is 0 Å². The van der Waals surface area contributed by atoms with Gasteiger partial charge in [0.1, 0.15) is 11.9 Å². The van der Waals surface area contributed by atoms with E-state index in [0.29, 0.717) is 0 Å². The number of aromatic nitrogens is 1. The minimum Gasteiger partial charge on any atom is -0.493 e. The SMILES string of the molecule is OC(c1cccnc1)c1ccc2c(c1)CCCO2. The fourth-order valence-electron chi connectivity index (χ4n) is 2.28. The molecule has 92 valence electrons. The fraction of sp³-hybridized carbons (Fsp3) is 0.267. The molecule has 1 aromatic heterocycles. The largest absolute Gasteiger partial charge is 0.493 e. The first-order chi connectivity index (χ1) is 8.84. The zero-order valence-electron chi connectivity index (χ0n) is 10.0. The summed E-state index contributed by atoms with van der Waals surface area (Å²) in [5, 5.41) is 10.3. The smallest absolute Gasteiger partial charge is 0.122 e. The Labute approximate surface area is 106 Å². The van der Waals surface area contributed by atoms with Crippen molar-refractivity contribution < 1.29 is 9.84 Å². The lowest BCUT2D eigenvalue weighted by Gasteiger charge is -2.19. The number of ether oxygens (including phenoxy) is 1. The van der Waals surface area contributed by atoms with Crippen LogP contribution in [-0.4, -0.2) is 16.7 Å². The zero-order chi connectivity index (χ0) is 12.4. The van der Waals surface area contributed by atoms with Crippen LogP contribution in [0, 0.1) is 0 Å². The fourth-order valence-corrected chi connectivity index (χ4v) is 2.28. The quantitative estimate of drug-likeness (QED) is 0.878. The summed E-state index contributed by atoms with van der Waals surface area (Å²) in [5.74, 6) is 0.948. The Morgan fingerprint density at radius 3 is 3.00 bits per heavy atom. The van der Waals surface area contributed by atoms with Crippen molar-refractivity contribution in [1.82, 2.24) is 4.98 Å². The maximum Gasteiger partial charge on any atom is 0.122 e. The molecule has 18 heavy (non-hydrogen) atoms. The second-order valence-corrected chi connectivity index (χ2v) is 4.51. The van der Waals surface area contributed by atoms with Gasteiger partial charge in [-0.1, -0.05) is 12.1 Å². The van der Waals surface area contributed by atoms with Crippen LogP contribution in [0.1, 0.15) is 29.2 Å². The Hall–Kier alpha value is -1.87. The summed E-state index contributed by atoms with van der Waals surface area (Å²) in [6.07, 6.45) is 4.84. The molecule has 2 aromatic rings. The lowest BCUT2D eigenvalue weighted by molar-refractivity contribution is 0.219. The van der Waals surface area contributed by atoms with Gasteiger partial charge in [0, 0.05) is 18.0 Å². The summed E-state index contributed by atoms with van der Waals surface area (Å²) in [6, 6.07) is 9.62. The molecule has 1 aliphatic rings. The number of hydrogen-bond acceptors (Lipinski definition) is 3. The number of nitrogens with zero attached hydrogens (tertiary/aromatic N) is 1. The van der Waals surface area contributed by atoms with Gasteiger partial charge in [-0.15, -0.1) is 0 Å². The second-order valence-electron chi connectivity index (χ2n) is 4.51. The molecule has 0 saturated carbocycles. The van der Waals surface area contributed by atoms with Crippen molar-refractivity contribution in [2.24, 2.45) is 0 Å². The molecule has 0 saturated heterocycles. The van der Waals surface area contributed by atoms with Gasteiger partial charge >= 0.3 is 0 Å². The number of rotatable bonds is 2. The van der Waals surface area contributed by atoms with Crippen molar-refractivity contribution in [3.63, 3.8) is 0 Å². The molecule has 0 bridgehead atoms. The number of aryl methyl sites for hydroxylation is 1. The van der Waals surface area contributed by atoms with Crippen LogP contribution in [0.5, 0.6) is 5.75 Å². The van der Waals surface area contributed by atoms with Crippen LogP contribution in [0.4, 0.5) is 0 Å². The summed E-state index contributed by atoms with van der Waals surface area (Å²) < 4.78 is 5.57. The molecule has 3 rings (SSSR count). The van der Waals surface area contributed by atoms with E-state index >= 15 is 0 Å². The molecule has 1 unspecified atom stereocenters. The summed E-state index contributed by atoms with van der Waals surface area (Å²) in [4.78, 5) is 4.03. The maximum absolute atomic E-state index is 10.3. The monoisotopic (exact) mass is 241 g/mol. The van der Waals surface area contributed by atoms with Gasteiger partial charge in [-0.3, -0.25) is 4.98 Å². The highest BCUT2D eigenvalue weighted by atomic mass is 16.5. The van der Waals surface area contributed by atoms with Crippen LogP contribution in [0.3, 0.4) is 0 Å². The van der Waals surface area contributed by atoms with E-state index in [2.05, 4.69) is 4.98 Å². The lowest BCUT2D eigenvalue weighted by Crippen LogP contribution is -2.09. The van der Waals surface area contributed by atoms with Crippen molar-refractivity contribution in [3.8, 4) is 5.75 Å². The van der Waals surface area contributed by atoms with Crippen LogP contribution < -0.4 is 4.74 Å². The molecule has 3 heteroatoms. The highest BCUT2D eigenvalue weighted by Crippen LogP contribution is 2.29. The Morgan fingerprint density at radius 1 is 1.22 bits per heavy atom. The highest BCUT2D eigenvalue weighted by Gasteiger charge is 2.15. The first kappa shape index (κ1) is 11.2. The van der Waals surface area contributed by atoms with Crippen LogP contribution in [-0.2, 0) is 6.42 Å². The summed E-state index contributed by atoms with van der Waals surface area (Å²) >= 11 is 0. The topological polar surface area (TPSA) is 42.4 Å². The van der Waals surface area contributed by atoms with Crippen molar-refractivity contribution in [3.05, 3.63) is 59.4 Å². The lowest BCUT2D eigenvalue weighted by atomic mass is 9.98. The van der Waals surface area contributed by atoms with Crippen molar-refractivity contribution >= 4 is 0 Å². The third-order valence-corrected chi connectivity index (χ3v) is 3.25. The van der Waals surface area contributed by atoms with E-state index in [1.54, 1.807) is 12.4 Å². The molecule has 1 atom stereocenters. The summed E-state index contributed by atoms with van der Waals surface area (Å²) in [7, 11) is 0. The van der Waals surface area contributed by atoms with Gasteiger partial charge in [0.2, 0.25) is 0 Å². The number of hydrogen-bond donors (Lipinski definition) is 1. The molecule has 0 aliphatic carbocycles. The molecule has 0 fully saturated rings. The minimum atomic E-state index is -0.620. The molecule has 0 spiro atoms. The van der Waals surface area contributed by atoms with E-state index in [0.717, 1.165) is 36.3 Å². The first-order valence-electron chi connectivity index (χ1n) is 6.18. The van der Waals surface area contributed by atoms with Crippen LogP contribution in [0.2, 0.25) is 0 Å². The van der Waals surface area contributed by atoms with E-state index in [-0.39, 0.29) is 0 Å². The van der Waals surface area contributed by atoms with E-state index in [9.17, 15) is 5.11 Å². The second kappa shape index (κ2) is 4.78. The number of pyridine rings is 1. The number of fused-ring (bicyclic) bond motifs is 1. The maximum atomic E-state index is 10.3.